The largest absolute Gasteiger partial charge is 0.325 e. The number of halogens is 1. The zero-order chi connectivity index (χ0) is 19.9. The molecular formula is C22H17FN2O3. The molecule has 3 aromatic rings. The Morgan fingerprint density at radius 2 is 1.68 bits per heavy atom. The van der Waals surface area contributed by atoms with E-state index < -0.39 is 35.6 Å². The van der Waals surface area contributed by atoms with Crippen LogP contribution in [0, 0.1) is 5.82 Å². The Bertz CT molecular complexity index is 1100. The van der Waals surface area contributed by atoms with E-state index in [0.29, 0.717) is 5.56 Å². The highest BCUT2D eigenvalue weighted by molar-refractivity contribution is 6.12. The van der Waals surface area contributed by atoms with Crippen molar-refractivity contribution in [3.8, 4) is 0 Å². The number of carbonyl (C=O) groups excluding carboxylic acids is 3. The van der Waals surface area contributed by atoms with Crippen molar-refractivity contribution in [2.75, 3.05) is 6.54 Å². The Morgan fingerprint density at radius 3 is 2.43 bits per heavy atom. The lowest BCUT2D eigenvalue weighted by atomic mass is 9.88. The summed E-state index contributed by atoms with van der Waals surface area (Å²) < 4.78 is 13.1. The standard InChI is InChI=1S/C22H17FN2O3/c1-22(18-8-4-6-14-5-2-3-7-17(14)18)20(27)25(21(28)24-22)13-19(26)15-9-11-16(23)12-10-15/h2-12H,13H2,1H3,(H,24,28)/t22-/m1/s1. The van der Waals surface area contributed by atoms with Crippen molar-refractivity contribution >= 4 is 28.5 Å². The topological polar surface area (TPSA) is 66.5 Å². The van der Waals surface area contributed by atoms with Crippen LogP contribution in [0.2, 0.25) is 0 Å². The molecule has 0 radical (unpaired) electrons. The van der Waals surface area contributed by atoms with Gasteiger partial charge >= 0.3 is 6.03 Å². The normalized spacial score (nSPS) is 19.1. The number of hydrogen-bond donors (Lipinski definition) is 1. The highest BCUT2D eigenvalue weighted by Crippen LogP contribution is 2.33. The summed E-state index contributed by atoms with van der Waals surface area (Å²) in [6.45, 7) is 1.23. The van der Waals surface area contributed by atoms with Crippen LogP contribution in [0.25, 0.3) is 10.8 Å². The Morgan fingerprint density at radius 1 is 1.00 bits per heavy atom. The van der Waals surface area contributed by atoms with E-state index in [1.54, 1.807) is 13.0 Å². The molecule has 1 N–H and O–H groups in total. The fourth-order valence-electron chi connectivity index (χ4n) is 3.56. The lowest BCUT2D eigenvalue weighted by molar-refractivity contribution is -0.130. The van der Waals surface area contributed by atoms with Crippen LogP contribution in [0.5, 0.6) is 0 Å². The maximum absolute atomic E-state index is 13.1. The minimum Gasteiger partial charge on any atom is -0.319 e. The van der Waals surface area contributed by atoms with Gasteiger partial charge in [0.25, 0.3) is 5.91 Å². The molecule has 1 atom stereocenters. The Labute approximate surface area is 160 Å². The summed E-state index contributed by atoms with van der Waals surface area (Å²) in [5.41, 5.74) is -0.373. The summed E-state index contributed by atoms with van der Waals surface area (Å²) >= 11 is 0. The van der Waals surface area contributed by atoms with Crippen molar-refractivity contribution in [3.05, 3.63) is 83.7 Å². The van der Waals surface area contributed by atoms with Crippen molar-refractivity contribution in [3.63, 3.8) is 0 Å². The quantitative estimate of drug-likeness (QED) is 0.559. The van der Waals surface area contributed by atoms with Gasteiger partial charge in [0, 0.05) is 5.56 Å². The molecular weight excluding hydrogens is 359 g/mol. The van der Waals surface area contributed by atoms with Gasteiger partial charge < -0.3 is 5.32 Å². The molecule has 1 aliphatic rings. The molecule has 1 aliphatic heterocycles. The molecule has 28 heavy (non-hydrogen) atoms. The van der Waals surface area contributed by atoms with E-state index in [-0.39, 0.29) is 5.56 Å². The third-order valence-electron chi connectivity index (χ3n) is 5.07. The van der Waals surface area contributed by atoms with E-state index in [4.69, 9.17) is 0 Å². The molecule has 4 rings (SSSR count). The molecule has 1 saturated heterocycles. The molecule has 6 heteroatoms. The number of Topliss-reactive ketones (excluding diaryl/α,β-unsaturated/α-hetero) is 1. The molecule has 1 fully saturated rings. The predicted molar refractivity (Wildman–Crippen MR) is 102 cm³/mol. The Balaban J connectivity index is 1.66. The van der Waals surface area contributed by atoms with Crippen molar-refractivity contribution in [2.24, 2.45) is 0 Å². The van der Waals surface area contributed by atoms with Crippen molar-refractivity contribution in [2.45, 2.75) is 12.5 Å². The first-order valence-corrected chi connectivity index (χ1v) is 8.81. The first kappa shape index (κ1) is 17.9. The lowest BCUT2D eigenvalue weighted by Gasteiger charge is -2.24. The van der Waals surface area contributed by atoms with Gasteiger partial charge in [-0.25, -0.2) is 9.18 Å². The van der Waals surface area contributed by atoms with Crippen LogP contribution in [0.3, 0.4) is 0 Å². The number of rotatable bonds is 4. The average Bonchev–Trinajstić information content (AvgIpc) is 2.92. The van der Waals surface area contributed by atoms with E-state index in [0.717, 1.165) is 15.7 Å². The molecule has 0 spiro atoms. The van der Waals surface area contributed by atoms with Crippen molar-refractivity contribution in [1.29, 1.82) is 0 Å². The Hall–Kier alpha value is -3.54. The molecule has 3 aromatic carbocycles. The number of nitrogens with zero attached hydrogens (tertiary/aromatic N) is 1. The minimum atomic E-state index is -1.28. The molecule has 0 bridgehead atoms. The van der Waals surface area contributed by atoms with E-state index in [9.17, 15) is 18.8 Å². The van der Waals surface area contributed by atoms with E-state index in [1.165, 1.54) is 24.3 Å². The van der Waals surface area contributed by atoms with Gasteiger partial charge in [0.15, 0.2) is 5.78 Å². The predicted octanol–water partition coefficient (Wildman–Crippen LogP) is 3.63. The number of nitrogens with one attached hydrogen (secondary N) is 1. The maximum atomic E-state index is 13.1. The van der Waals surface area contributed by atoms with Crippen LogP contribution in [0.4, 0.5) is 9.18 Å². The lowest BCUT2D eigenvalue weighted by Crippen LogP contribution is -2.41. The maximum Gasteiger partial charge on any atom is 0.325 e. The summed E-state index contributed by atoms with van der Waals surface area (Å²) in [5.74, 6) is -1.40. The second-order valence-corrected chi connectivity index (χ2v) is 6.90. The number of amides is 3. The van der Waals surface area contributed by atoms with Crippen molar-refractivity contribution < 1.29 is 18.8 Å². The van der Waals surface area contributed by atoms with E-state index in [1.807, 2.05) is 36.4 Å². The number of urea groups is 1. The van der Waals surface area contributed by atoms with Crippen LogP contribution in [0.1, 0.15) is 22.8 Å². The number of benzene rings is 3. The number of ketones is 1. The fourth-order valence-corrected chi connectivity index (χ4v) is 3.56. The molecule has 5 nitrogen and oxygen atoms in total. The molecule has 3 amide bonds. The monoisotopic (exact) mass is 376 g/mol. The molecule has 0 aromatic heterocycles. The first-order valence-electron chi connectivity index (χ1n) is 8.81. The van der Waals surface area contributed by atoms with Crippen LogP contribution in [-0.4, -0.2) is 29.2 Å². The smallest absolute Gasteiger partial charge is 0.319 e. The molecule has 0 unspecified atom stereocenters. The fraction of sp³-hybridized carbons (Fsp3) is 0.136. The third-order valence-corrected chi connectivity index (χ3v) is 5.07. The average molecular weight is 376 g/mol. The second kappa shape index (κ2) is 6.56. The van der Waals surface area contributed by atoms with Gasteiger partial charge in [0.1, 0.15) is 11.4 Å². The van der Waals surface area contributed by atoms with Crippen LogP contribution >= 0.6 is 0 Å². The molecule has 0 saturated carbocycles. The van der Waals surface area contributed by atoms with Gasteiger partial charge in [-0.2, -0.15) is 0 Å². The van der Waals surface area contributed by atoms with Gasteiger partial charge in [-0.3, -0.25) is 14.5 Å². The molecule has 0 aliphatic carbocycles. The zero-order valence-electron chi connectivity index (χ0n) is 15.1. The first-order chi connectivity index (χ1) is 13.4. The van der Waals surface area contributed by atoms with Gasteiger partial charge in [0.2, 0.25) is 0 Å². The van der Waals surface area contributed by atoms with Crippen molar-refractivity contribution in [1.82, 2.24) is 10.2 Å². The summed E-state index contributed by atoms with van der Waals surface area (Å²) in [6.07, 6.45) is 0. The Kier molecular flexibility index (Phi) is 4.19. The van der Waals surface area contributed by atoms with Gasteiger partial charge in [0.05, 0.1) is 6.54 Å². The van der Waals surface area contributed by atoms with Gasteiger partial charge in [-0.1, -0.05) is 42.5 Å². The summed E-state index contributed by atoms with van der Waals surface area (Å²) in [4.78, 5) is 39.0. The zero-order valence-corrected chi connectivity index (χ0v) is 15.1. The molecule has 1 heterocycles. The number of imide groups is 1. The molecule has 140 valence electrons. The summed E-state index contributed by atoms with van der Waals surface area (Å²) in [5, 5.41) is 4.53. The number of fused-ring (bicyclic) bond motifs is 1. The van der Waals surface area contributed by atoms with E-state index >= 15 is 0 Å². The summed E-state index contributed by atoms with van der Waals surface area (Å²) in [6, 6.07) is 17.5. The number of hydrogen-bond acceptors (Lipinski definition) is 3. The summed E-state index contributed by atoms with van der Waals surface area (Å²) in [7, 11) is 0. The SMILES string of the molecule is C[C@]1(c2cccc3ccccc23)NC(=O)N(CC(=O)c2ccc(F)cc2)C1=O. The van der Waals surface area contributed by atoms with Crippen LogP contribution in [-0.2, 0) is 10.3 Å². The minimum absolute atomic E-state index is 0.237. The van der Waals surface area contributed by atoms with Gasteiger partial charge in [-0.05, 0) is 47.5 Å². The highest BCUT2D eigenvalue weighted by Gasteiger charge is 2.50. The third kappa shape index (κ3) is 2.83. The number of carbonyl (C=O) groups is 3. The highest BCUT2D eigenvalue weighted by atomic mass is 19.1. The van der Waals surface area contributed by atoms with Gasteiger partial charge in [-0.15, -0.1) is 0 Å². The van der Waals surface area contributed by atoms with Crippen LogP contribution in [0.15, 0.2) is 66.7 Å². The second-order valence-electron chi connectivity index (χ2n) is 6.90. The van der Waals surface area contributed by atoms with Crippen LogP contribution < -0.4 is 5.32 Å². The van der Waals surface area contributed by atoms with E-state index in [2.05, 4.69) is 5.32 Å².